The molecule has 0 saturated carbocycles. The number of thiazole rings is 1. The number of rotatable bonds is 8. The van der Waals surface area contributed by atoms with Gasteiger partial charge in [-0.3, -0.25) is 9.59 Å². The van der Waals surface area contributed by atoms with E-state index in [1.54, 1.807) is 5.38 Å². The van der Waals surface area contributed by atoms with Crippen LogP contribution in [0.3, 0.4) is 0 Å². The smallest absolute Gasteiger partial charge is 0.270 e. The maximum Gasteiger partial charge on any atom is 0.270 e. The van der Waals surface area contributed by atoms with Gasteiger partial charge in [0.2, 0.25) is 5.91 Å². The molecule has 0 radical (unpaired) electrons. The lowest BCUT2D eigenvalue weighted by molar-refractivity contribution is -0.121. The van der Waals surface area contributed by atoms with E-state index in [1.165, 1.54) is 11.3 Å². The summed E-state index contributed by atoms with van der Waals surface area (Å²) in [7, 11) is 0. The van der Waals surface area contributed by atoms with Crippen molar-refractivity contribution in [2.45, 2.75) is 19.4 Å². The summed E-state index contributed by atoms with van der Waals surface area (Å²) < 4.78 is 0. The van der Waals surface area contributed by atoms with Crippen molar-refractivity contribution in [2.24, 2.45) is 5.73 Å². The molecule has 8 heteroatoms. The minimum Gasteiger partial charge on any atom is -0.352 e. The van der Waals surface area contributed by atoms with Crippen LogP contribution in [-0.4, -0.2) is 29.9 Å². The summed E-state index contributed by atoms with van der Waals surface area (Å²) in [6.07, 6.45) is 0.901. The second kappa shape index (κ2) is 10.7. The van der Waals surface area contributed by atoms with Gasteiger partial charge in [-0.05, 0) is 12.1 Å². The van der Waals surface area contributed by atoms with E-state index in [1.807, 2.05) is 30.3 Å². The average Bonchev–Trinajstić information content (AvgIpc) is 3.03. The number of amides is 2. The molecule has 2 rings (SSSR count). The fourth-order valence-electron chi connectivity index (χ4n) is 1.92. The predicted octanol–water partition coefficient (Wildman–Crippen LogP) is 1.50. The van der Waals surface area contributed by atoms with Gasteiger partial charge in [-0.2, -0.15) is 0 Å². The highest BCUT2D eigenvalue weighted by Crippen LogP contribution is 2.09. The van der Waals surface area contributed by atoms with Crippen LogP contribution in [0.1, 0.15) is 27.5 Å². The zero-order valence-electron chi connectivity index (χ0n) is 13.2. The number of benzene rings is 1. The average molecular weight is 369 g/mol. The molecule has 0 atom stereocenters. The van der Waals surface area contributed by atoms with Crippen molar-refractivity contribution < 1.29 is 9.59 Å². The third-order valence-electron chi connectivity index (χ3n) is 3.11. The Bertz CT molecular complexity index is 649. The fraction of sp³-hybridized carbons (Fsp3) is 0.312. The largest absolute Gasteiger partial charge is 0.352 e. The molecule has 1 aromatic carbocycles. The van der Waals surface area contributed by atoms with Crippen LogP contribution in [0.5, 0.6) is 0 Å². The van der Waals surface area contributed by atoms with E-state index in [9.17, 15) is 9.59 Å². The van der Waals surface area contributed by atoms with Crippen molar-refractivity contribution in [3.8, 4) is 0 Å². The lowest BCUT2D eigenvalue weighted by Gasteiger charge is -2.06. The van der Waals surface area contributed by atoms with Crippen molar-refractivity contribution in [3.05, 3.63) is 52.0 Å². The highest BCUT2D eigenvalue weighted by molar-refractivity contribution is 7.09. The van der Waals surface area contributed by atoms with Gasteiger partial charge >= 0.3 is 0 Å². The second-order valence-electron chi connectivity index (χ2n) is 4.93. The van der Waals surface area contributed by atoms with Gasteiger partial charge in [-0.25, -0.2) is 4.98 Å². The molecule has 4 N–H and O–H groups in total. The van der Waals surface area contributed by atoms with Crippen molar-refractivity contribution in [1.82, 2.24) is 15.6 Å². The van der Waals surface area contributed by atoms with Crippen molar-refractivity contribution in [2.75, 3.05) is 13.1 Å². The van der Waals surface area contributed by atoms with Crippen LogP contribution in [0.25, 0.3) is 0 Å². The molecule has 24 heavy (non-hydrogen) atoms. The monoisotopic (exact) mass is 368 g/mol. The molecule has 0 saturated heterocycles. The lowest BCUT2D eigenvalue weighted by Crippen LogP contribution is -2.30. The zero-order valence-corrected chi connectivity index (χ0v) is 14.8. The number of carbonyl (C=O) groups excluding carboxylic acids is 2. The molecule has 0 bridgehead atoms. The standard InChI is InChI=1S/C16H20N4O2S.ClH/c17-8-6-15-20-13(11-23-15)16(22)18-9-7-14(21)19-10-12-4-2-1-3-5-12;/h1-5,11H,6-10,17H2,(H,18,22)(H,19,21);1H. The molecule has 6 nitrogen and oxygen atoms in total. The van der Waals surface area contributed by atoms with Crippen molar-refractivity contribution >= 4 is 35.6 Å². The molecular weight excluding hydrogens is 348 g/mol. The number of nitrogens with zero attached hydrogens (tertiary/aromatic N) is 1. The molecule has 0 spiro atoms. The van der Waals surface area contributed by atoms with Gasteiger partial charge in [-0.15, -0.1) is 23.7 Å². The van der Waals surface area contributed by atoms with Crippen LogP contribution in [-0.2, 0) is 17.8 Å². The number of carbonyl (C=O) groups is 2. The first-order chi connectivity index (χ1) is 11.2. The SMILES string of the molecule is Cl.NCCc1nc(C(=O)NCCC(=O)NCc2ccccc2)cs1. The van der Waals surface area contributed by atoms with Crippen LogP contribution in [0.15, 0.2) is 35.7 Å². The van der Waals surface area contributed by atoms with Crippen molar-refractivity contribution in [3.63, 3.8) is 0 Å². The van der Waals surface area contributed by atoms with E-state index in [-0.39, 0.29) is 37.2 Å². The molecule has 1 aromatic heterocycles. The Morgan fingerprint density at radius 2 is 1.92 bits per heavy atom. The van der Waals surface area contributed by atoms with E-state index in [0.717, 1.165) is 10.6 Å². The van der Waals surface area contributed by atoms with E-state index >= 15 is 0 Å². The molecule has 0 aliphatic rings. The molecule has 2 amide bonds. The topological polar surface area (TPSA) is 97.1 Å². The summed E-state index contributed by atoms with van der Waals surface area (Å²) in [6.45, 7) is 1.28. The maximum absolute atomic E-state index is 11.9. The molecule has 0 fully saturated rings. The van der Waals surface area contributed by atoms with E-state index in [2.05, 4.69) is 15.6 Å². The molecule has 0 unspecified atom stereocenters. The number of aromatic nitrogens is 1. The number of hydrogen-bond acceptors (Lipinski definition) is 5. The van der Waals surface area contributed by atoms with Gasteiger partial charge in [0.25, 0.3) is 5.91 Å². The van der Waals surface area contributed by atoms with E-state index < -0.39 is 0 Å². The van der Waals surface area contributed by atoms with Gasteiger partial charge in [0, 0.05) is 31.3 Å². The van der Waals surface area contributed by atoms with Gasteiger partial charge < -0.3 is 16.4 Å². The van der Waals surface area contributed by atoms with Crippen LogP contribution in [0, 0.1) is 0 Å². The third kappa shape index (κ3) is 6.66. The predicted molar refractivity (Wildman–Crippen MR) is 97.4 cm³/mol. The van der Waals surface area contributed by atoms with Crippen LogP contribution < -0.4 is 16.4 Å². The molecule has 130 valence electrons. The summed E-state index contributed by atoms with van der Waals surface area (Å²) in [4.78, 5) is 27.8. The molecule has 0 aliphatic heterocycles. The molecule has 1 heterocycles. The van der Waals surface area contributed by atoms with Gasteiger partial charge in [0.15, 0.2) is 0 Å². The summed E-state index contributed by atoms with van der Waals surface area (Å²) in [5, 5.41) is 8.06. The Kier molecular flexibility index (Phi) is 8.99. The van der Waals surface area contributed by atoms with Crippen LogP contribution >= 0.6 is 23.7 Å². The minimum absolute atomic E-state index is 0. The van der Waals surface area contributed by atoms with Gasteiger partial charge in [-0.1, -0.05) is 30.3 Å². The van der Waals surface area contributed by atoms with Crippen molar-refractivity contribution in [1.29, 1.82) is 0 Å². The van der Waals surface area contributed by atoms with E-state index in [0.29, 0.717) is 25.2 Å². The molecule has 0 aliphatic carbocycles. The summed E-state index contributed by atoms with van der Waals surface area (Å²) in [6, 6.07) is 9.67. The first-order valence-corrected chi connectivity index (χ1v) is 8.30. The normalized spacial score (nSPS) is 9.88. The highest BCUT2D eigenvalue weighted by Gasteiger charge is 2.10. The third-order valence-corrected chi connectivity index (χ3v) is 4.02. The quantitative estimate of drug-likeness (QED) is 0.657. The fourth-order valence-corrected chi connectivity index (χ4v) is 2.71. The Morgan fingerprint density at radius 3 is 2.62 bits per heavy atom. The van der Waals surface area contributed by atoms with Crippen LogP contribution in [0.4, 0.5) is 0 Å². The molecular formula is C16H21ClN4O2S. The Hall–Kier alpha value is -1.96. The number of halogens is 1. The second-order valence-corrected chi connectivity index (χ2v) is 5.88. The summed E-state index contributed by atoms with van der Waals surface area (Å²) >= 11 is 1.42. The first kappa shape index (κ1) is 20.1. The van der Waals surface area contributed by atoms with Gasteiger partial charge in [0.05, 0.1) is 5.01 Å². The van der Waals surface area contributed by atoms with Crippen LogP contribution in [0.2, 0.25) is 0 Å². The number of nitrogens with one attached hydrogen (secondary N) is 2. The number of hydrogen-bond donors (Lipinski definition) is 3. The summed E-state index contributed by atoms with van der Waals surface area (Å²) in [5.41, 5.74) is 6.87. The van der Waals surface area contributed by atoms with Gasteiger partial charge in [0.1, 0.15) is 5.69 Å². The molecule has 2 aromatic rings. The maximum atomic E-state index is 11.9. The Morgan fingerprint density at radius 1 is 1.17 bits per heavy atom. The highest BCUT2D eigenvalue weighted by atomic mass is 35.5. The Labute approximate surface area is 151 Å². The van der Waals surface area contributed by atoms with E-state index in [4.69, 9.17) is 5.73 Å². The zero-order chi connectivity index (χ0) is 16.5. The lowest BCUT2D eigenvalue weighted by atomic mass is 10.2. The first-order valence-electron chi connectivity index (χ1n) is 7.42. The minimum atomic E-state index is -0.264. The summed E-state index contributed by atoms with van der Waals surface area (Å²) in [5.74, 6) is -0.364. The Balaban J connectivity index is 0.00000288. The number of nitrogens with two attached hydrogens (primary N) is 1.